The molecule has 0 spiro atoms. The van der Waals surface area contributed by atoms with E-state index in [2.05, 4.69) is 20.2 Å². The van der Waals surface area contributed by atoms with E-state index in [1.54, 1.807) is 6.92 Å². The van der Waals surface area contributed by atoms with Crippen LogP contribution in [0.2, 0.25) is 5.02 Å². The number of aromatic nitrogens is 5. The SMILES string of the molecule is Cc1noc(C2CCN(c3cnn(-c4ccc(C(F)(F)F)cn4)c(=O)c3Cl)CC2)n1. The maximum absolute atomic E-state index is 12.7. The Bertz CT molecular complexity index is 1100. The molecule has 1 saturated heterocycles. The molecule has 0 bridgehead atoms. The summed E-state index contributed by atoms with van der Waals surface area (Å²) < 4.78 is 44.2. The van der Waals surface area contributed by atoms with Gasteiger partial charge in [0.2, 0.25) is 5.89 Å². The lowest BCUT2D eigenvalue weighted by Gasteiger charge is -2.32. The molecule has 0 radical (unpaired) electrons. The highest BCUT2D eigenvalue weighted by atomic mass is 35.5. The number of hydrogen-bond donors (Lipinski definition) is 0. The Morgan fingerprint density at radius 1 is 1.20 bits per heavy atom. The highest BCUT2D eigenvalue weighted by Crippen LogP contribution is 2.32. The molecule has 4 heterocycles. The molecule has 1 aliphatic heterocycles. The fourth-order valence-corrected chi connectivity index (χ4v) is 3.58. The highest BCUT2D eigenvalue weighted by molar-refractivity contribution is 6.33. The first-order valence-corrected chi connectivity index (χ1v) is 9.48. The molecule has 0 atom stereocenters. The Morgan fingerprint density at radius 3 is 2.50 bits per heavy atom. The third-order valence-corrected chi connectivity index (χ3v) is 5.28. The quantitative estimate of drug-likeness (QED) is 0.616. The number of halogens is 4. The minimum absolute atomic E-state index is 0.0491. The van der Waals surface area contributed by atoms with Gasteiger partial charge in [0, 0.05) is 25.2 Å². The van der Waals surface area contributed by atoms with E-state index in [1.807, 2.05) is 4.90 Å². The lowest BCUT2D eigenvalue weighted by Crippen LogP contribution is -2.35. The molecule has 1 aliphatic rings. The molecule has 3 aromatic rings. The van der Waals surface area contributed by atoms with Gasteiger partial charge in [0.1, 0.15) is 5.02 Å². The Kier molecular flexibility index (Phi) is 5.22. The lowest BCUT2D eigenvalue weighted by atomic mass is 9.96. The summed E-state index contributed by atoms with van der Waals surface area (Å²) in [6.07, 6.45) is -0.976. The van der Waals surface area contributed by atoms with Crippen LogP contribution in [0.3, 0.4) is 0 Å². The van der Waals surface area contributed by atoms with Gasteiger partial charge in [-0.15, -0.1) is 0 Å². The van der Waals surface area contributed by atoms with E-state index in [9.17, 15) is 18.0 Å². The van der Waals surface area contributed by atoms with E-state index in [1.165, 1.54) is 6.20 Å². The van der Waals surface area contributed by atoms with Gasteiger partial charge in [-0.05, 0) is 31.9 Å². The van der Waals surface area contributed by atoms with Crippen LogP contribution in [0.4, 0.5) is 18.9 Å². The van der Waals surface area contributed by atoms with Crippen molar-refractivity contribution in [3.63, 3.8) is 0 Å². The largest absolute Gasteiger partial charge is 0.417 e. The summed E-state index contributed by atoms with van der Waals surface area (Å²) in [5.74, 6) is 1.26. The third-order valence-electron chi connectivity index (χ3n) is 4.92. The van der Waals surface area contributed by atoms with Crippen molar-refractivity contribution in [1.29, 1.82) is 0 Å². The Balaban J connectivity index is 1.53. The van der Waals surface area contributed by atoms with Gasteiger partial charge in [0.05, 0.1) is 17.4 Å². The molecule has 0 N–H and O–H groups in total. The zero-order valence-corrected chi connectivity index (χ0v) is 16.5. The summed E-state index contributed by atoms with van der Waals surface area (Å²) in [6.45, 7) is 2.97. The Morgan fingerprint density at radius 2 is 1.93 bits per heavy atom. The first kappa shape index (κ1) is 20.3. The predicted octanol–water partition coefficient (Wildman–Crippen LogP) is 3.38. The molecule has 12 heteroatoms. The summed E-state index contributed by atoms with van der Waals surface area (Å²) in [6, 6.07) is 1.91. The molecular formula is C18H16ClF3N6O2. The van der Waals surface area contributed by atoms with Crippen molar-refractivity contribution in [3.8, 4) is 5.82 Å². The molecule has 8 nitrogen and oxygen atoms in total. The van der Waals surface area contributed by atoms with Crippen LogP contribution in [0.15, 0.2) is 33.8 Å². The normalized spacial score (nSPS) is 15.6. The molecule has 0 amide bonds. The van der Waals surface area contributed by atoms with Crippen LogP contribution in [0, 0.1) is 6.92 Å². The number of aryl methyl sites for hydroxylation is 1. The van der Waals surface area contributed by atoms with E-state index in [4.69, 9.17) is 16.1 Å². The molecule has 4 rings (SSSR count). The average Bonchev–Trinajstić information content (AvgIpc) is 3.16. The molecule has 0 saturated carbocycles. The third kappa shape index (κ3) is 3.89. The van der Waals surface area contributed by atoms with Crippen LogP contribution in [0.5, 0.6) is 0 Å². The van der Waals surface area contributed by atoms with Crippen LogP contribution >= 0.6 is 11.6 Å². The van der Waals surface area contributed by atoms with E-state index in [0.29, 0.717) is 36.7 Å². The molecule has 0 unspecified atom stereocenters. The van der Waals surface area contributed by atoms with Crippen molar-refractivity contribution in [3.05, 3.63) is 57.2 Å². The molecular weight excluding hydrogens is 425 g/mol. The van der Waals surface area contributed by atoms with Gasteiger partial charge in [-0.2, -0.15) is 27.9 Å². The zero-order chi connectivity index (χ0) is 21.5. The van der Waals surface area contributed by atoms with Gasteiger partial charge >= 0.3 is 6.18 Å². The number of alkyl halides is 3. The molecule has 158 valence electrons. The first-order chi connectivity index (χ1) is 14.2. The highest BCUT2D eigenvalue weighted by Gasteiger charge is 2.31. The van der Waals surface area contributed by atoms with Crippen molar-refractivity contribution < 1.29 is 17.7 Å². The van der Waals surface area contributed by atoms with Crippen molar-refractivity contribution in [2.24, 2.45) is 0 Å². The van der Waals surface area contributed by atoms with Crippen molar-refractivity contribution in [1.82, 2.24) is 24.9 Å². The van der Waals surface area contributed by atoms with E-state index in [0.717, 1.165) is 29.7 Å². The standard InChI is InChI=1S/C18H16ClF3N6O2/c1-10-25-16(30-26-10)11-4-6-27(7-5-11)13-9-24-28(17(29)15(13)19)14-3-2-12(8-23-14)18(20,21)22/h2-3,8-9,11H,4-7H2,1H3. The number of anilines is 1. The minimum Gasteiger partial charge on any atom is -0.369 e. The zero-order valence-electron chi connectivity index (χ0n) is 15.7. The first-order valence-electron chi connectivity index (χ1n) is 9.10. The van der Waals surface area contributed by atoms with Crippen LogP contribution < -0.4 is 10.5 Å². The monoisotopic (exact) mass is 440 g/mol. The average molecular weight is 441 g/mol. The Hall–Kier alpha value is -2.95. The van der Waals surface area contributed by atoms with Gasteiger partial charge in [0.25, 0.3) is 5.56 Å². The molecule has 1 fully saturated rings. The van der Waals surface area contributed by atoms with Crippen LogP contribution in [0.25, 0.3) is 5.82 Å². The molecule has 0 aromatic carbocycles. The fourth-order valence-electron chi connectivity index (χ4n) is 3.33. The maximum Gasteiger partial charge on any atom is 0.417 e. The van der Waals surface area contributed by atoms with Gasteiger partial charge < -0.3 is 9.42 Å². The topological polar surface area (TPSA) is 89.9 Å². The second-order valence-electron chi connectivity index (χ2n) is 6.90. The number of piperidine rings is 1. The van der Waals surface area contributed by atoms with Gasteiger partial charge in [-0.3, -0.25) is 4.79 Å². The van der Waals surface area contributed by atoms with Crippen LogP contribution in [-0.4, -0.2) is 38.0 Å². The fraction of sp³-hybridized carbons (Fsp3) is 0.389. The second-order valence-corrected chi connectivity index (χ2v) is 7.28. The number of hydrogen-bond acceptors (Lipinski definition) is 7. The molecule has 3 aromatic heterocycles. The number of rotatable bonds is 3. The minimum atomic E-state index is -4.52. The van der Waals surface area contributed by atoms with Crippen LogP contribution in [-0.2, 0) is 6.18 Å². The van der Waals surface area contributed by atoms with Crippen molar-refractivity contribution >= 4 is 17.3 Å². The van der Waals surface area contributed by atoms with Crippen molar-refractivity contribution in [2.45, 2.75) is 31.9 Å². The van der Waals surface area contributed by atoms with Gasteiger partial charge in [-0.25, -0.2) is 4.98 Å². The van der Waals surface area contributed by atoms with E-state index < -0.39 is 17.3 Å². The van der Waals surface area contributed by atoms with E-state index in [-0.39, 0.29) is 16.8 Å². The Labute approximate surface area is 173 Å². The maximum atomic E-state index is 12.7. The predicted molar refractivity (Wildman–Crippen MR) is 101 cm³/mol. The summed E-state index contributed by atoms with van der Waals surface area (Å²) in [5, 5.41) is 7.79. The summed E-state index contributed by atoms with van der Waals surface area (Å²) in [7, 11) is 0. The van der Waals surface area contributed by atoms with Gasteiger partial charge in [0.15, 0.2) is 11.6 Å². The number of pyridine rings is 1. The van der Waals surface area contributed by atoms with Crippen LogP contribution in [0.1, 0.15) is 36.0 Å². The smallest absolute Gasteiger partial charge is 0.369 e. The number of nitrogens with zero attached hydrogens (tertiary/aromatic N) is 6. The second kappa shape index (κ2) is 7.71. The summed E-state index contributed by atoms with van der Waals surface area (Å²) in [5.41, 5.74) is -1.11. The van der Waals surface area contributed by atoms with Gasteiger partial charge in [-0.1, -0.05) is 16.8 Å². The molecule has 30 heavy (non-hydrogen) atoms. The van der Waals surface area contributed by atoms with E-state index >= 15 is 0 Å². The summed E-state index contributed by atoms with van der Waals surface area (Å²) >= 11 is 6.28. The molecule has 0 aliphatic carbocycles. The summed E-state index contributed by atoms with van der Waals surface area (Å²) in [4.78, 5) is 22.5. The van der Waals surface area contributed by atoms with Crippen molar-refractivity contribution in [2.75, 3.05) is 18.0 Å². The lowest BCUT2D eigenvalue weighted by molar-refractivity contribution is -0.137.